The Morgan fingerprint density at radius 3 is 2.70 bits per heavy atom. The summed E-state index contributed by atoms with van der Waals surface area (Å²) in [4.78, 5) is 25.5. The van der Waals surface area contributed by atoms with Gasteiger partial charge >= 0.3 is 0 Å². The SMILES string of the molecule is COCCNC(=O)CN(C)C(=O)C1CCC(N)C(C)C1. The molecule has 6 heteroatoms. The van der Waals surface area contributed by atoms with Gasteiger partial charge in [-0.2, -0.15) is 0 Å². The van der Waals surface area contributed by atoms with Gasteiger partial charge < -0.3 is 20.7 Å². The highest BCUT2D eigenvalue weighted by atomic mass is 16.5. The third-order valence-corrected chi connectivity index (χ3v) is 3.97. The Kier molecular flexibility index (Phi) is 6.95. The maximum atomic E-state index is 12.3. The van der Waals surface area contributed by atoms with E-state index in [-0.39, 0.29) is 30.3 Å². The first kappa shape index (κ1) is 16.9. The van der Waals surface area contributed by atoms with Gasteiger partial charge in [-0.05, 0) is 25.2 Å². The molecular formula is C14H27N3O3. The molecule has 0 aliphatic heterocycles. The van der Waals surface area contributed by atoms with Gasteiger partial charge in [0.05, 0.1) is 13.2 Å². The summed E-state index contributed by atoms with van der Waals surface area (Å²) in [5, 5.41) is 2.71. The Balaban J connectivity index is 2.37. The molecule has 3 N–H and O–H groups in total. The van der Waals surface area contributed by atoms with E-state index in [0.717, 1.165) is 19.3 Å². The minimum atomic E-state index is -0.154. The van der Waals surface area contributed by atoms with Crippen LogP contribution in [-0.4, -0.2) is 56.6 Å². The molecule has 20 heavy (non-hydrogen) atoms. The van der Waals surface area contributed by atoms with Crippen LogP contribution in [0.4, 0.5) is 0 Å². The van der Waals surface area contributed by atoms with Crippen molar-refractivity contribution in [2.45, 2.75) is 32.2 Å². The number of methoxy groups -OCH3 is 1. The van der Waals surface area contributed by atoms with Crippen LogP contribution in [0.5, 0.6) is 0 Å². The van der Waals surface area contributed by atoms with Gasteiger partial charge in [-0.25, -0.2) is 0 Å². The van der Waals surface area contributed by atoms with Gasteiger partial charge in [0.1, 0.15) is 0 Å². The molecule has 0 aromatic heterocycles. The van der Waals surface area contributed by atoms with Crippen LogP contribution in [0.25, 0.3) is 0 Å². The monoisotopic (exact) mass is 285 g/mol. The summed E-state index contributed by atoms with van der Waals surface area (Å²) in [6.45, 7) is 3.12. The van der Waals surface area contributed by atoms with Crippen molar-refractivity contribution in [1.82, 2.24) is 10.2 Å². The minimum absolute atomic E-state index is 0.00146. The fourth-order valence-electron chi connectivity index (χ4n) is 2.60. The molecule has 3 atom stereocenters. The van der Waals surface area contributed by atoms with E-state index in [4.69, 9.17) is 10.5 Å². The number of hydrogen-bond donors (Lipinski definition) is 2. The molecule has 0 aromatic rings. The number of nitrogens with zero attached hydrogens (tertiary/aromatic N) is 1. The molecule has 0 radical (unpaired) electrons. The Morgan fingerprint density at radius 2 is 2.10 bits per heavy atom. The molecule has 0 spiro atoms. The lowest BCUT2D eigenvalue weighted by atomic mass is 9.79. The van der Waals surface area contributed by atoms with Crippen molar-refractivity contribution >= 4 is 11.8 Å². The fraction of sp³-hybridized carbons (Fsp3) is 0.857. The van der Waals surface area contributed by atoms with Crippen molar-refractivity contribution in [2.75, 3.05) is 33.9 Å². The zero-order chi connectivity index (χ0) is 15.1. The topological polar surface area (TPSA) is 84.7 Å². The van der Waals surface area contributed by atoms with Crippen LogP contribution in [-0.2, 0) is 14.3 Å². The second-order valence-corrected chi connectivity index (χ2v) is 5.69. The van der Waals surface area contributed by atoms with Crippen molar-refractivity contribution in [1.29, 1.82) is 0 Å². The van der Waals surface area contributed by atoms with E-state index < -0.39 is 0 Å². The first-order chi connectivity index (χ1) is 9.45. The summed E-state index contributed by atoms with van der Waals surface area (Å²) in [7, 11) is 3.26. The van der Waals surface area contributed by atoms with Crippen molar-refractivity contribution in [3.05, 3.63) is 0 Å². The maximum absolute atomic E-state index is 12.3. The number of hydrogen-bond acceptors (Lipinski definition) is 4. The molecule has 0 heterocycles. The van der Waals surface area contributed by atoms with Gasteiger partial charge in [-0.15, -0.1) is 0 Å². The van der Waals surface area contributed by atoms with E-state index >= 15 is 0 Å². The van der Waals surface area contributed by atoms with E-state index in [2.05, 4.69) is 12.2 Å². The Morgan fingerprint density at radius 1 is 1.40 bits per heavy atom. The molecule has 1 rings (SSSR count). The molecule has 6 nitrogen and oxygen atoms in total. The normalized spacial score (nSPS) is 26.1. The summed E-state index contributed by atoms with van der Waals surface area (Å²) in [6.07, 6.45) is 2.51. The molecule has 1 aliphatic carbocycles. The van der Waals surface area contributed by atoms with Crippen LogP contribution in [0, 0.1) is 11.8 Å². The maximum Gasteiger partial charge on any atom is 0.239 e. The average molecular weight is 285 g/mol. The number of likely N-dealkylation sites (N-methyl/N-ethyl adjacent to an activating group) is 1. The predicted molar refractivity (Wildman–Crippen MR) is 77.0 cm³/mol. The summed E-state index contributed by atoms with van der Waals surface area (Å²) in [5.41, 5.74) is 5.96. The van der Waals surface area contributed by atoms with Gasteiger partial charge in [-0.3, -0.25) is 9.59 Å². The third kappa shape index (κ3) is 5.09. The number of nitrogens with one attached hydrogen (secondary N) is 1. The summed E-state index contributed by atoms with van der Waals surface area (Å²) in [6, 6.07) is 0.196. The first-order valence-corrected chi connectivity index (χ1v) is 7.22. The summed E-state index contributed by atoms with van der Waals surface area (Å²) < 4.78 is 4.85. The molecule has 1 saturated carbocycles. The molecule has 1 aliphatic rings. The van der Waals surface area contributed by atoms with Crippen molar-refractivity contribution in [3.8, 4) is 0 Å². The van der Waals surface area contributed by atoms with Crippen LogP contribution < -0.4 is 11.1 Å². The average Bonchev–Trinajstić information content (AvgIpc) is 2.41. The second kappa shape index (κ2) is 8.21. The zero-order valence-electron chi connectivity index (χ0n) is 12.7. The van der Waals surface area contributed by atoms with Gasteiger partial charge in [0, 0.05) is 32.7 Å². The van der Waals surface area contributed by atoms with Crippen LogP contribution in [0.15, 0.2) is 0 Å². The molecule has 0 bridgehead atoms. The molecule has 1 fully saturated rings. The molecule has 116 valence electrons. The zero-order valence-corrected chi connectivity index (χ0v) is 12.7. The molecule has 2 amide bonds. The standard InChI is InChI=1S/C14H27N3O3/c1-10-8-11(4-5-12(10)15)14(19)17(2)9-13(18)16-6-7-20-3/h10-12H,4-9,15H2,1-3H3,(H,16,18). The summed E-state index contributed by atoms with van der Waals surface area (Å²) >= 11 is 0. The second-order valence-electron chi connectivity index (χ2n) is 5.69. The highest BCUT2D eigenvalue weighted by molar-refractivity contribution is 5.85. The number of ether oxygens (including phenoxy) is 1. The Bertz CT molecular complexity index is 336. The lowest BCUT2D eigenvalue weighted by Crippen LogP contribution is -2.44. The van der Waals surface area contributed by atoms with Gasteiger partial charge in [-0.1, -0.05) is 6.92 Å². The Labute approximate surface area is 121 Å². The number of nitrogens with two attached hydrogens (primary N) is 1. The fourth-order valence-corrected chi connectivity index (χ4v) is 2.60. The first-order valence-electron chi connectivity index (χ1n) is 7.22. The molecule has 3 unspecified atom stereocenters. The van der Waals surface area contributed by atoms with Crippen LogP contribution in [0.1, 0.15) is 26.2 Å². The minimum Gasteiger partial charge on any atom is -0.383 e. The largest absolute Gasteiger partial charge is 0.383 e. The molecular weight excluding hydrogens is 258 g/mol. The van der Waals surface area contributed by atoms with Crippen molar-refractivity contribution in [3.63, 3.8) is 0 Å². The van der Waals surface area contributed by atoms with Crippen LogP contribution in [0.3, 0.4) is 0 Å². The van der Waals surface area contributed by atoms with Gasteiger partial charge in [0.25, 0.3) is 0 Å². The molecule has 0 aromatic carbocycles. The lowest BCUT2D eigenvalue weighted by molar-refractivity contribution is -0.139. The van der Waals surface area contributed by atoms with E-state index in [1.165, 1.54) is 4.90 Å². The predicted octanol–water partition coefficient (Wildman–Crippen LogP) is -0.0291. The third-order valence-electron chi connectivity index (χ3n) is 3.97. The Hall–Kier alpha value is -1.14. The lowest BCUT2D eigenvalue weighted by Gasteiger charge is -2.33. The van der Waals surface area contributed by atoms with E-state index in [1.54, 1.807) is 14.2 Å². The van der Waals surface area contributed by atoms with Crippen molar-refractivity contribution in [2.24, 2.45) is 17.6 Å². The van der Waals surface area contributed by atoms with E-state index in [9.17, 15) is 9.59 Å². The highest BCUT2D eigenvalue weighted by Gasteiger charge is 2.31. The van der Waals surface area contributed by atoms with E-state index in [1.807, 2.05) is 0 Å². The van der Waals surface area contributed by atoms with Gasteiger partial charge in [0.2, 0.25) is 11.8 Å². The van der Waals surface area contributed by atoms with Crippen molar-refractivity contribution < 1.29 is 14.3 Å². The number of carbonyl (C=O) groups excluding carboxylic acids is 2. The highest BCUT2D eigenvalue weighted by Crippen LogP contribution is 2.29. The number of carbonyl (C=O) groups is 2. The van der Waals surface area contributed by atoms with Crippen LogP contribution >= 0.6 is 0 Å². The molecule has 0 saturated heterocycles. The van der Waals surface area contributed by atoms with Crippen LogP contribution in [0.2, 0.25) is 0 Å². The number of amides is 2. The van der Waals surface area contributed by atoms with E-state index in [0.29, 0.717) is 19.1 Å². The quantitative estimate of drug-likeness (QED) is 0.671. The summed E-state index contributed by atoms with van der Waals surface area (Å²) in [5.74, 6) is 0.257. The smallest absolute Gasteiger partial charge is 0.239 e. The number of rotatable bonds is 6. The van der Waals surface area contributed by atoms with Gasteiger partial charge in [0.15, 0.2) is 0 Å².